The molecule has 0 saturated carbocycles. The van der Waals surface area contributed by atoms with Crippen molar-refractivity contribution in [3.63, 3.8) is 0 Å². The zero-order valence-electron chi connectivity index (χ0n) is 17.1. The average molecular weight is 417 g/mol. The maximum Gasteiger partial charge on any atom is 0.243 e. The van der Waals surface area contributed by atoms with E-state index >= 15 is 0 Å². The number of sulfonamides is 1. The first-order chi connectivity index (χ1) is 13.8. The fourth-order valence-corrected chi connectivity index (χ4v) is 5.44. The Morgan fingerprint density at radius 2 is 1.86 bits per heavy atom. The van der Waals surface area contributed by atoms with Crippen molar-refractivity contribution in [2.24, 2.45) is 0 Å². The molecule has 0 aromatic heterocycles. The summed E-state index contributed by atoms with van der Waals surface area (Å²) in [5.41, 5.74) is 2.88. The summed E-state index contributed by atoms with van der Waals surface area (Å²) in [6.45, 7) is 4.38. The number of aryl methyl sites for hydroxylation is 2. The summed E-state index contributed by atoms with van der Waals surface area (Å²) >= 11 is 0. The molecule has 29 heavy (non-hydrogen) atoms. The Hall–Kier alpha value is -2.38. The molecule has 1 fully saturated rings. The second-order valence-corrected chi connectivity index (χ2v) is 9.40. The van der Waals surface area contributed by atoms with Crippen molar-refractivity contribution in [2.75, 3.05) is 19.0 Å². The van der Waals surface area contributed by atoms with Crippen LogP contribution in [0.1, 0.15) is 36.8 Å². The van der Waals surface area contributed by atoms with E-state index < -0.39 is 10.0 Å². The van der Waals surface area contributed by atoms with E-state index in [1.165, 1.54) is 4.31 Å². The van der Waals surface area contributed by atoms with Crippen molar-refractivity contribution in [1.29, 1.82) is 0 Å². The number of nitrogens with one attached hydrogen (secondary N) is 1. The number of carbonyl (C=O) groups is 1. The van der Waals surface area contributed by atoms with Gasteiger partial charge in [-0.25, -0.2) is 8.42 Å². The first kappa shape index (κ1) is 21.3. The molecule has 1 amide bonds. The highest BCUT2D eigenvalue weighted by molar-refractivity contribution is 7.89. The Balaban J connectivity index is 1.75. The molecule has 0 radical (unpaired) electrons. The van der Waals surface area contributed by atoms with Crippen LogP contribution in [-0.4, -0.2) is 38.3 Å². The van der Waals surface area contributed by atoms with E-state index in [1.807, 2.05) is 32.0 Å². The van der Waals surface area contributed by atoms with E-state index in [4.69, 9.17) is 4.74 Å². The van der Waals surface area contributed by atoms with Gasteiger partial charge in [0.2, 0.25) is 15.9 Å². The van der Waals surface area contributed by atoms with Crippen LogP contribution in [0.4, 0.5) is 5.69 Å². The van der Waals surface area contributed by atoms with Crippen molar-refractivity contribution in [1.82, 2.24) is 4.31 Å². The predicted molar refractivity (Wildman–Crippen MR) is 114 cm³/mol. The van der Waals surface area contributed by atoms with Gasteiger partial charge in [-0.1, -0.05) is 24.1 Å². The van der Waals surface area contributed by atoms with Crippen LogP contribution in [0.15, 0.2) is 47.4 Å². The Labute approximate surface area is 172 Å². The van der Waals surface area contributed by atoms with Crippen LogP contribution in [-0.2, 0) is 14.8 Å². The van der Waals surface area contributed by atoms with E-state index in [-0.39, 0.29) is 23.3 Å². The van der Waals surface area contributed by atoms with Gasteiger partial charge >= 0.3 is 0 Å². The lowest BCUT2D eigenvalue weighted by atomic mass is 10.0. The zero-order chi connectivity index (χ0) is 21.0. The number of carbonyl (C=O) groups excluding carboxylic acids is 1. The molecule has 3 rings (SSSR count). The summed E-state index contributed by atoms with van der Waals surface area (Å²) in [5, 5.41) is 2.93. The van der Waals surface area contributed by atoms with Gasteiger partial charge in [0.15, 0.2) is 0 Å². The Kier molecular flexibility index (Phi) is 6.59. The molecule has 0 aliphatic carbocycles. The first-order valence-electron chi connectivity index (χ1n) is 9.84. The monoisotopic (exact) mass is 416 g/mol. The highest BCUT2D eigenvalue weighted by Crippen LogP contribution is 2.28. The van der Waals surface area contributed by atoms with Gasteiger partial charge in [-0.2, -0.15) is 4.31 Å². The number of methoxy groups -OCH3 is 1. The number of hydrogen-bond acceptors (Lipinski definition) is 4. The number of benzene rings is 2. The highest BCUT2D eigenvalue weighted by atomic mass is 32.2. The van der Waals surface area contributed by atoms with E-state index in [9.17, 15) is 13.2 Å². The predicted octanol–water partition coefficient (Wildman–Crippen LogP) is 3.88. The molecule has 1 saturated heterocycles. The number of anilines is 1. The van der Waals surface area contributed by atoms with Gasteiger partial charge in [0.1, 0.15) is 5.75 Å². The van der Waals surface area contributed by atoms with E-state index in [2.05, 4.69) is 5.32 Å². The molecule has 1 aliphatic rings. The van der Waals surface area contributed by atoms with E-state index in [0.29, 0.717) is 18.7 Å². The first-order valence-corrected chi connectivity index (χ1v) is 11.3. The van der Waals surface area contributed by atoms with Gasteiger partial charge in [-0.3, -0.25) is 4.79 Å². The van der Waals surface area contributed by atoms with Gasteiger partial charge in [0.05, 0.1) is 12.0 Å². The molecule has 0 spiro atoms. The highest BCUT2D eigenvalue weighted by Gasteiger charge is 2.34. The van der Waals surface area contributed by atoms with E-state index in [0.717, 1.165) is 29.7 Å². The smallest absolute Gasteiger partial charge is 0.243 e. The van der Waals surface area contributed by atoms with Crippen LogP contribution < -0.4 is 10.1 Å². The molecule has 2 aromatic carbocycles. The molecular weight excluding hydrogens is 388 g/mol. The SMILES string of the molecule is COc1ccc(S(=O)(=O)N2CCCC[C@@H]2CC(=O)Nc2ccc(C)cc2C)cc1. The molecule has 1 aliphatic heterocycles. The molecular formula is C22H28N2O4S. The second kappa shape index (κ2) is 8.97. The lowest BCUT2D eigenvalue weighted by Crippen LogP contribution is -2.45. The van der Waals surface area contributed by atoms with E-state index in [1.54, 1.807) is 31.4 Å². The second-order valence-electron chi connectivity index (χ2n) is 7.51. The molecule has 6 nitrogen and oxygen atoms in total. The van der Waals surface area contributed by atoms with Crippen molar-refractivity contribution in [2.45, 2.75) is 50.5 Å². The number of piperidine rings is 1. The van der Waals surface area contributed by atoms with Crippen molar-refractivity contribution < 1.29 is 17.9 Å². The fourth-order valence-electron chi connectivity index (χ4n) is 3.75. The maximum absolute atomic E-state index is 13.2. The van der Waals surface area contributed by atoms with Crippen LogP contribution in [0.25, 0.3) is 0 Å². The van der Waals surface area contributed by atoms with Crippen LogP contribution in [0, 0.1) is 13.8 Å². The minimum absolute atomic E-state index is 0.142. The van der Waals surface area contributed by atoms with Crippen LogP contribution in [0.5, 0.6) is 5.75 Å². The standard InChI is InChI=1S/C22H28N2O4S/c1-16-7-12-21(17(2)14-16)23-22(25)15-18-6-4-5-13-24(18)29(26,27)20-10-8-19(28-3)9-11-20/h7-12,14,18H,4-6,13,15H2,1-3H3,(H,23,25)/t18-/m1/s1. The lowest BCUT2D eigenvalue weighted by Gasteiger charge is -2.34. The fraction of sp³-hybridized carbons (Fsp3) is 0.409. The molecule has 0 bridgehead atoms. The molecule has 7 heteroatoms. The third kappa shape index (κ3) is 4.97. The van der Waals surface area contributed by atoms with Crippen LogP contribution in [0.2, 0.25) is 0 Å². The number of ether oxygens (including phenoxy) is 1. The van der Waals surface area contributed by atoms with Crippen molar-refractivity contribution in [3.8, 4) is 5.75 Å². The van der Waals surface area contributed by atoms with Gasteiger partial charge in [0.25, 0.3) is 0 Å². The zero-order valence-corrected chi connectivity index (χ0v) is 18.0. The number of amides is 1. The maximum atomic E-state index is 13.2. The topological polar surface area (TPSA) is 75.7 Å². The van der Waals surface area contributed by atoms with Crippen LogP contribution >= 0.6 is 0 Å². The number of hydrogen-bond donors (Lipinski definition) is 1. The summed E-state index contributed by atoms with van der Waals surface area (Å²) in [4.78, 5) is 12.9. The molecule has 156 valence electrons. The Bertz CT molecular complexity index is 971. The quantitative estimate of drug-likeness (QED) is 0.775. The molecule has 0 unspecified atom stereocenters. The summed E-state index contributed by atoms with van der Waals surface area (Å²) in [5.74, 6) is 0.436. The number of nitrogens with zero attached hydrogens (tertiary/aromatic N) is 1. The lowest BCUT2D eigenvalue weighted by molar-refractivity contribution is -0.117. The summed E-state index contributed by atoms with van der Waals surface area (Å²) in [6.07, 6.45) is 2.53. The van der Waals surface area contributed by atoms with Gasteiger partial charge in [0, 0.05) is 24.7 Å². The van der Waals surface area contributed by atoms with Crippen molar-refractivity contribution in [3.05, 3.63) is 53.6 Å². The molecule has 1 atom stereocenters. The third-order valence-corrected chi connectivity index (χ3v) is 7.28. The number of rotatable bonds is 6. The van der Waals surface area contributed by atoms with Crippen LogP contribution in [0.3, 0.4) is 0 Å². The minimum Gasteiger partial charge on any atom is -0.497 e. The van der Waals surface area contributed by atoms with Gasteiger partial charge in [-0.05, 0) is 62.6 Å². The molecule has 2 aromatic rings. The summed E-state index contributed by atoms with van der Waals surface area (Å²) in [7, 11) is -2.13. The van der Waals surface area contributed by atoms with Crippen molar-refractivity contribution >= 4 is 21.6 Å². The summed E-state index contributed by atoms with van der Waals surface area (Å²) < 4.78 is 33.0. The normalized spacial score (nSPS) is 17.7. The van der Waals surface area contributed by atoms with Gasteiger partial charge < -0.3 is 10.1 Å². The largest absolute Gasteiger partial charge is 0.497 e. The van der Waals surface area contributed by atoms with Gasteiger partial charge in [-0.15, -0.1) is 0 Å². The Morgan fingerprint density at radius 3 is 2.52 bits per heavy atom. The average Bonchev–Trinajstić information content (AvgIpc) is 2.70. The molecule has 1 heterocycles. The minimum atomic E-state index is -3.67. The Morgan fingerprint density at radius 1 is 1.14 bits per heavy atom. The summed E-state index contributed by atoms with van der Waals surface area (Å²) in [6, 6.07) is 11.9. The third-order valence-electron chi connectivity index (χ3n) is 5.32. The molecule has 1 N–H and O–H groups in total.